The van der Waals surface area contributed by atoms with Crippen molar-refractivity contribution < 1.29 is 13.9 Å². The van der Waals surface area contributed by atoms with E-state index in [0.717, 1.165) is 23.5 Å². The van der Waals surface area contributed by atoms with Gasteiger partial charge in [-0.1, -0.05) is 12.1 Å². The van der Waals surface area contributed by atoms with Gasteiger partial charge in [-0.2, -0.15) is 0 Å². The normalized spacial score (nSPS) is 24.3. The van der Waals surface area contributed by atoms with Crippen LogP contribution in [0.25, 0.3) is 0 Å². The molecule has 0 bridgehead atoms. The first-order valence-electron chi connectivity index (χ1n) is 8.82. The second-order valence-corrected chi connectivity index (χ2v) is 8.26. The van der Waals surface area contributed by atoms with Crippen LogP contribution in [0, 0.1) is 11.2 Å². The molecule has 0 aliphatic carbocycles. The van der Waals surface area contributed by atoms with Gasteiger partial charge in [0.15, 0.2) is 0 Å². The fourth-order valence-electron chi connectivity index (χ4n) is 3.95. The molecule has 1 amide bonds. The van der Waals surface area contributed by atoms with E-state index in [9.17, 15) is 9.18 Å². The molecule has 0 saturated carbocycles. The van der Waals surface area contributed by atoms with Crippen molar-refractivity contribution in [2.45, 2.75) is 19.5 Å². The van der Waals surface area contributed by atoms with E-state index in [1.165, 1.54) is 6.07 Å². The van der Waals surface area contributed by atoms with E-state index in [0.29, 0.717) is 39.3 Å². The van der Waals surface area contributed by atoms with Gasteiger partial charge in [0.05, 0.1) is 25.3 Å². The Hall–Kier alpha value is -1.83. The molecule has 1 aromatic heterocycles. The van der Waals surface area contributed by atoms with Crippen LogP contribution in [0.4, 0.5) is 4.39 Å². The smallest absolute Gasteiger partial charge is 0.223 e. The number of carbonyl (C=O) groups is 1. The predicted molar refractivity (Wildman–Crippen MR) is 97.1 cm³/mol. The number of halogens is 1. The van der Waals surface area contributed by atoms with Gasteiger partial charge in [0.1, 0.15) is 5.82 Å². The molecule has 1 atom stereocenters. The molecule has 4 rings (SSSR count). The zero-order valence-electron chi connectivity index (χ0n) is 14.6. The Bertz CT molecular complexity index is 770. The lowest BCUT2D eigenvalue weighted by atomic mass is 9.87. The van der Waals surface area contributed by atoms with Crippen LogP contribution in [-0.4, -0.2) is 53.5 Å². The topological polar surface area (TPSA) is 45.7 Å². The summed E-state index contributed by atoms with van der Waals surface area (Å²) >= 11 is 1.57. The zero-order valence-corrected chi connectivity index (χ0v) is 15.4. The van der Waals surface area contributed by atoms with Crippen molar-refractivity contribution in [3.63, 3.8) is 0 Å². The van der Waals surface area contributed by atoms with E-state index in [1.54, 1.807) is 29.0 Å². The van der Waals surface area contributed by atoms with Crippen molar-refractivity contribution in [1.82, 2.24) is 14.8 Å². The fraction of sp³-hybridized carbons (Fsp3) is 0.474. The summed E-state index contributed by atoms with van der Waals surface area (Å²) in [5.74, 6) is -0.0373. The highest BCUT2D eigenvalue weighted by molar-refractivity contribution is 7.09. The van der Waals surface area contributed by atoms with Crippen molar-refractivity contribution in [3.8, 4) is 0 Å². The van der Waals surface area contributed by atoms with Crippen molar-refractivity contribution in [1.29, 1.82) is 0 Å². The monoisotopic (exact) mass is 375 g/mol. The minimum Gasteiger partial charge on any atom is -0.379 e. The lowest BCUT2D eigenvalue weighted by Crippen LogP contribution is -2.40. The van der Waals surface area contributed by atoms with Crippen LogP contribution in [0.15, 0.2) is 36.0 Å². The standard InChI is InChI=1S/C19H22FN3O2S/c20-16-3-1-2-15(6-16)9-22-4-5-25-13-19(11-22)7-18(24)23(12-19)10-17-8-21-14-26-17/h1-3,6,8,14H,4-5,7,9-13H2. The molecule has 2 aromatic rings. The number of hydrogen-bond acceptors (Lipinski definition) is 5. The number of aromatic nitrogens is 1. The molecule has 0 radical (unpaired) electrons. The van der Waals surface area contributed by atoms with Crippen molar-refractivity contribution in [2.24, 2.45) is 5.41 Å². The molecule has 5 nitrogen and oxygen atoms in total. The van der Waals surface area contributed by atoms with Crippen LogP contribution in [0.1, 0.15) is 16.9 Å². The Labute approximate surface area is 156 Å². The summed E-state index contributed by atoms with van der Waals surface area (Å²) in [6, 6.07) is 6.72. The molecular weight excluding hydrogens is 353 g/mol. The molecule has 3 heterocycles. The highest BCUT2D eigenvalue weighted by Gasteiger charge is 2.45. The van der Waals surface area contributed by atoms with Gasteiger partial charge in [-0.25, -0.2) is 4.39 Å². The average molecular weight is 375 g/mol. The maximum absolute atomic E-state index is 13.5. The molecule has 1 aromatic carbocycles. The minimum absolute atomic E-state index is 0.176. The third-order valence-electron chi connectivity index (χ3n) is 5.05. The second kappa shape index (κ2) is 7.42. The molecule has 7 heteroatoms. The summed E-state index contributed by atoms with van der Waals surface area (Å²) < 4.78 is 19.3. The minimum atomic E-state index is -0.213. The number of rotatable bonds is 4. The quantitative estimate of drug-likeness (QED) is 0.824. The average Bonchev–Trinajstić information content (AvgIpc) is 3.15. The van der Waals surface area contributed by atoms with E-state index in [2.05, 4.69) is 9.88 Å². The number of hydrogen-bond donors (Lipinski definition) is 0. The van der Waals surface area contributed by atoms with Crippen LogP contribution < -0.4 is 0 Å². The number of ether oxygens (including phenoxy) is 1. The van der Waals surface area contributed by atoms with E-state index in [-0.39, 0.29) is 17.1 Å². The molecule has 2 saturated heterocycles. The number of nitrogens with zero attached hydrogens (tertiary/aromatic N) is 3. The first-order chi connectivity index (χ1) is 12.6. The highest BCUT2D eigenvalue weighted by atomic mass is 32.1. The molecule has 1 spiro atoms. The van der Waals surface area contributed by atoms with Gasteiger partial charge in [-0.05, 0) is 17.7 Å². The third kappa shape index (κ3) is 3.95. The summed E-state index contributed by atoms with van der Waals surface area (Å²) in [5, 5.41) is 0. The summed E-state index contributed by atoms with van der Waals surface area (Å²) in [7, 11) is 0. The van der Waals surface area contributed by atoms with Crippen LogP contribution in [0.5, 0.6) is 0 Å². The molecule has 2 aliphatic rings. The highest BCUT2D eigenvalue weighted by Crippen LogP contribution is 2.35. The van der Waals surface area contributed by atoms with E-state index in [1.807, 2.05) is 17.2 Å². The molecular formula is C19H22FN3O2S. The SMILES string of the molecule is O=C1CC2(COCCN(Cc3cccc(F)c3)C2)CN1Cc1cncs1. The Balaban J connectivity index is 1.46. The molecule has 138 valence electrons. The summed E-state index contributed by atoms with van der Waals surface area (Å²) in [6.07, 6.45) is 2.33. The first-order valence-corrected chi connectivity index (χ1v) is 9.70. The Morgan fingerprint density at radius 2 is 2.23 bits per heavy atom. The Kier molecular flexibility index (Phi) is 5.02. The molecule has 2 aliphatic heterocycles. The second-order valence-electron chi connectivity index (χ2n) is 7.29. The summed E-state index contributed by atoms with van der Waals surface area (Å²) in [4.78, 5) is 22.0. The Morgan fingerprint density at radius 1 is 1.31 bits per heavy atom. The predicted octanol–water partition coefficient (Wildman–Crippen LogP) is 2.53. The number of amides is 1. The van der Waals surface area contributed by atoms with Gasteiger partial charge in [0.2, 0.25) is 5.91 Å². The van der Waals surface area contributed by atoms with Crippen molar-refractivity contribution in [2.75, 3.05) is 32.8 Å². The van der Waals surface area contributed by atoms with Crippen LogP contribution in [0.2, 0.25) is 0 Å². The van der Waals surface area contributed by atoms with Crippen LogP contribution >= 0.6 is 11.3 Å². The van der Waals surface area contributed by atoms with E-state index in [4.69, 9.17) is 4.74 Å². The van der Waals surface area contributed by atoms with E-state index < -0.39 is 0 Å². The first kappa shape index (κ1) is 17.6. The largest absolute Gasteiger partial charge is 0.379 e. The van der Waals surface area contributed by atoms with Gasteiger partial charge in [-0.15, -0.1) is 11.3 Å². The lowest BCUT2D eigenvalue weighted by Gasteiger charge is -2.31. The van der Waals surface area contributed by atoms with Crippen LogP contribution in [0.3, 0.4) is 0 Å². The molecule has 0 N–H and O–H groups in total. The van der Waals surface area contributed by atoms with Gasteiger partial charge in [0, 0.05) is 49.1 Å². The third-order valence-corrected chi connectivity index (χ3v) is 5.81. The van der Waals surface area contributed by atoms with Gasteiger partial charge >= 0.3 is 0 Å². The van der Waals surface area contributed by atoms with Gasteiger partial charge in [0.25, 0.3) is 0 Å². The molecule has 26 heavy (non-hydrogen) atoms. The summed E-state index contributed by atoms with van der Waals surface area (Å²) in [5.41, 5.74) is 2.56. The summed E-state index contributed by atoms with van der Waals surface area (Å²) in [6.45, 7) is 4.80. The van der Waals surface area contributed by atoms with Gasteiger partial charge in [-0.3, -0.25) is 14.7 Å². The number of benzene rings is 1. The number of carbonyl (C=O) groups excluding carboxylic acids is 1. The number of likely N-dealkylation sites (tertiary alicyclic amines) is 1. The molecule has 2 fully saturated rings. The molecule has 1 unspecified atom stereocenters. The van der Waals surface area contributed by atoms with E-state index >= 15 is 0 Å². The van der Waals surface area contributed by atoms with Crippen molar-refractivity contribution in [3.05, 3.63) is 52.2 Å². The van der Waals surface area contributed by atoms with Crippen LogP contribution in [-0.2, 0) is 22.6 Å². The zero-order chi connectivity index (χ0) is 18.0. The Morgan fingerprint density at radius 3 is 3.04 bits per heavy atom. The lowest BCUT2D eigenvalue weighted by molar-refractivity contribution is -0.128. The van der Waals surface area contributed by atoms with Gasteiger partial charge < -0.3 is 9.64 Å². The maximum atomic E-state index is 13.5. The maximum Gasteiger partial charge on any atom is 0.223 e. The fourth-order valence-corrected chi connectivity index (χ4v) is 4.56. The van der Waals surface area contributed by atoms with Crippen molar-refractivity contribution >= 4 is 17.2 Å². The number of thiazole rings is 1.